The minimum Gasteiger partial charge on any atom is -0.309 e. The average molecular weight is 259 g/mol. The molecule has 2 aromatic heterocycles. The first-order valence-corrected chi connectivity index (χ1v) is 6.69. The number of nitrogens with one attached hydrogen (secondary N) is 1. The van der Waals surface area contributed by atoms with Gasteiger partial charge in [0.2, 0.25) is 0 Å². The fourth-order valence-electron chi connectivity index (χ4n) is 2.12. The Labute approximate surface area is 114 Å². The Morgan fingerprint density at radius 3 is 2.74 bits per heavy atom. The van der Waals surface area contributed by atoms with E-state index < -0.39 is 0 Å². The van der Waals surface area contributed by atoms with Crippen LogP contribution >= 0.6 is 0 Å². The van der Waals surface area contributed by atoms with Crippen molar-refractivity contribution in [3.63, 3.8) is 0 Å². The lowest BCUT2D eigenvalue weighted by Crippen LogP contribution is -2.23. The van der Waals surface area contributed by atoms with Crippen molar-refractivity contribution >= 4 is 0 Å². The summed E-state index contributed by atoms with van der Waals surface area (Å²) in [7, 11) is 1.98. The highest BCUT2D eigenvalue weighted by molar-refractivity contribution is 5.08. The molecule has 0 radical (unpaired) electrons. The topological polar surface area (TPSA) is 55.6 Å². The van der Waals surface area contributed by atoms with E-state index in [2.05, 4.69) is 33.4 Å². The summed E-state index contributed by atoms with van der Waals surface area (Å²) < 4.78 is 1.92. The van der Waals surface area contributed by atoms with Crippen LogP contribution in [0.4, 0.5) is 0 Å². The highest BCUT2D eigenvalue weighted by atomic mass is 15.2. The van der Waals surface area contributed by atoms with Gasteiger partial charge in [0.05, 0.1) is 23.6 Å². The largest absolute Gasteiger partial charge is 0.309 e. The van der Waals surface area contributed by atoms with Gasteiger partial charge in [-0.05, 0) is 32.4 Å². The van der Waals surface area contributed by atoms with E-state index in [0.29, 0.717) is 0 Å². The Morgan fingerprint density at radius 2 is 2.16 bits per heavy atom. The predicted octanol–water partition coefficient (Wildman–Crippen LogP) is 1.80. The van der Waals surface area contributed by atoms with E-state index in [1.54, 1.807) is 0 Å². The second-order valence-corrected chi connectivity index (χ2v) is 4.68. The van der Waals surface area contributed by atoms with Gasteiger partial charge in [0, 0.05) is 25.1 Å². The van der Waals surface area contributed by atoms with E-state index in [0.717, 1.165) is 30.8 Å². The van der Waals surface area contributed by atoms with Crippen LogP contribution in [-0.4, -0.2) is 26.3 Å². The van der Waals surface area contributed by atoms with E-state index >= 15 is 0 Å². The Kier molecular flexibility index (Phi) is 4.63. The molecule has 0 aliphatic rings. The number of aryl methyl sites for hydroxylation is 3. The maximum absolute atomic E-state index is 4.47. The first-order valence-electron chi connectivity index (χ1n) is 6.69. The third-order valence-corrected chi connectivity index (χ3v) is 3.22. The van der Waals surface area contributed by atoms with E-state index in [9.17, 15) is 0 Å². The molecular formula is C14H21N5. The molecule has 19 heavy (non-hydrogen) atoms. The summed E-state index contributed by atoms with van der Waals surface area (Å²) in [5.74, 6) is 0. The summed E-state index contributed by atoms with van der Waals surface area (Å²) in [6.07, 6.45) is 7.49. The lowest BCUT2D eigenvalue weighted by atomic mass is 10.1. The molecule has 5 nitrogen and oxygen atoms in total. The van der Waals surface area contributed by atoms with Crippen molar-refractivity contribution in [1.29, 1.82) is 0 Å². The second-order valence-electron chi connectivity index (χ2n) is 4.68. The van der Waals surface area contributed by atoms with Crippen LogP contribution in [0.15, 0.2) is 24.7 Å². The van der Waals surface area contributed by atoms with Crippen molar-refractivity contribution in [1.82, 2.24) is 25.1 Å². The smallest absolute Gasteiger partial charge is 0.0756 e. The highest BCUT2D eigenvalue weighted by Crippen LogP contribution is 2.16. The van der Waals surface area contributed by atoms with Gasteiger partial charge < -0.3 is 5.32 Å². The van der Waals surface area contributed by atoms with Gasteiger partial charge >= 0.3 is 0 Å². The normalized spacial score (nSPS) is 12.6. The zero-order valence-electron chi connectivity index (χ0n) is 11.8. The zero-order chi connectivity index (χ0) is 13.7. The first kappa shape index (κ1) is 13.7. The van der Waals surface area contributed by atoms with Crippen LogP contribution in [0.1, 0.15) is 36.5 Å². The van der Waals surface area contributed by atoms with Crippen LogP contribution in [0.3, 0.4) is 0 Å². The van der Waals surface area contributed by atoms with Gasteiger partial charge in [0.15, 0.2) is 0 Å². The molecule has 0 aliphatic carbocycles. The maximum atomic E-state index is 4.47. The monoisotopic (exact) mass is 259 g/mol. The Hall–Kier alpha value is -1.75. The van der Waals surface area contributed by atoms with Crippen LogP contribution < -0.4 is 5.32 Å². The fourth-order valence-corrected chi connectivity index (χ4v) is 2.12. The van der Waals surface area contributed by atoms with Gasteiger partial charge in [0.25, 0.3) is 0 Å². The van der Waals surface area contributed by atoms with Gasteiger partial charge in [-0.3, -0.25) is 14.6 Å². The fraction of sp³-hybridized carbons (Fsp3) is 0.500. The van der Waals surface area contributed by atoms with Crippen molar-refractivity contribution in [3.8, 4) is 0 Å². The number of rotatable bonds is 6. The van der Waals surface area contributed by atoms with Crippen LogP contribution in [0, 0.1) is 6.92 Å². The molecule has 2 heterocycles. The molecule has 0 amide bonds. The third-order valence-electron chi connectivity index (χ3n) is 3.22. The average Bonchev–Trinajstić information content (AvgIpc) is 2.81. The molecule has 0 bridgehead atoms. The summed E-state index contributed by atoms with van der Waals surface area (Å²) in [6.45, 7) is 4.99. The summed E-state index contributed by atoms with van der Waals surface area (Å²) in [5.41, 5.74) is 3.20. The molecule has 102 valence electrons. The van der Waals surface area contributed by atoms with E-state index in [1.807, 2.05) is 37.2 Å². The molecule has 1 atom stereocenters. The van der Waals surface area contributed by atoms with Crippen molar-refractivity contribution in [2.75, 3.05) is 6.54 Å². The molecule has 0 saturated heterocycles. The number of nitrogens with zero attached hydrogens (tertiary/aromatic N) is 4. The Bertz CT molecular complexity index is 503. The molecule has 0 fully saturated rings. The van der Waals surface area contributed by atoms with Crippen molar-refractivity contribution < 1.29 is 0 Å². The lowest BCUT2D eigenvalue weighted by Gasteiger charge is -2.17. The SMILES string of the molecule is CCNC(CCc1ccnn1C)c1cnc(C)cn1. The van der Waals surface area contributed by atoms with Gasteiger partial charge in [-0.15, -0.1) is 0 Å². The van der Waals surface area contributed by atoms with Gasteiger partial charge in [0.1, 0.15) is 0 Å². The summed E-state index contributed by atoms with van der Waals surface area (Å²) >= 11 is 0. The van der Waals surface area contributed by atoms with Crippen LogP contribution in [-0.2, 0) is 13.5 Å². The zero-order valence-corrected chi connectivity index (χ0v) is 11.8. The molecule has 1 unspecified atom stereocenters. The lowest BCUT2D eigenvalue weighted by molar-refractivity contribution is 0.493. The Morgan fingerprint density at radius 1 is 1.32 bits per heavy atom. The Balaban J connectivity index is 2.04. The van der Waals surface area contributed by atoms with Crippen molar-refractivity contribution in [2.24, 2.45) is 7.05 Å². The van der Waals surface area contributed by atoms with Crippen LogP contribution in [0.25, 0.3) is 0 Å². The standard InChI is InChI=1S/C14H21N5/c1-4-15-13(14-10-16-11(2)9-17-14)6-5-12-7-8-18-19(12)3/h7-10,13,15H,4-6H2,1-3H3. The molecular weight excluding hydrogens is 238 g/mol. The molecule has 0 saturated carbocycles. The van der Waals surface area contributed by atoms with E-state index in [-0.39, 0.29) is 6.04 Å². The minimum atomic E-state index is 0.244. The molecule has 0 spiro atoms. The first-order chi connectivity index (χ1) is 9.20. The van der Waals surface area contributed by atoms with Gasteiger partial charge in [-0.1, -0.05) is 6.92 Å². The second kappa shape index (κ2) is 6.43. The van der Waals surface area contributed by atoms with Crippen LogP contribution in [0.2, 0.25) is 0 Å². The minimum absolute atomic E-state index is 0.244. The third kappa shape index (κ3) is 3.61. The molecule has 1 N–H and O–H groups in total. The molecule has 2 rings (SSSR count). The molecule has 0 aromatic carbocycles. The number of hydrogen-bond donors (Lipinski definition) is 1. The quantitative estimate of drug-likeness (QED) is 0.859. The molecule has 0 aliphatic heterocycles. The van der Waals surface area contributed by atoms with Gasteiger partial charge in [-0.2, -0.15) is 5.10 Å². The maximum Gasteiger partial charge on any atom is 0.0756 e. The van der Waals surface area contributed by atoms with Crippen LogP contribution in [0.5, 0.6) is 0 Å². The summed E-state index contributed by atoms with van der Waals surface area (Å²) in [6, 6.07) is 2.30. The molecule has 5 heteroatoms. The van der Waals surface area contributed by atoms with Crippen molar-refractivity contribution in [2.45, 2.75) is 32.7 Å². The van der Waals surface area contributed by atoms with Crippen molar-refractivity contribution in [3.05, 3.63) is 41.7 Å². The summed E-state index contributed by atoms with van der Waals surface area (Å²) in [5, 5.41) is 7.66. The summed E-state index contributed by atoms with van der Waals surface area (Å²) in [4.78, 5) is 8.80. The van der Waals surface area contributed by atoms with Gasteiger partial charge in [-0.25, -0.2) is 0 Å². The highest BCUT2D eigenvalue weighted by Gasteiger charge is 2.13. The number of hydrogen-bond acceptors (Lipinski definition) is 4. The van der Waals surface area contributed by atoms with E-state index in [4.69, 9.17) is 0 Å². The predicted molar refractivity (Wildman–Crippen MR) is 74.7 cm³/mol. The molecule has 2 aromatic rings. The number of aromatic nitrogens is 4. The van der Waals surface area contributed by atoms with E-state index in [1.165, 1.54) is 5.69 Å².